The maximum Gasteiger partial charge on any atom is 0.161 e. The average Bonchev–Trinajstić information content (AvgIpc) is 2.66. The number of allylic oxidation sites excluding steroid dienone is 3. The second kappa shape index (κ2) is 7.53. The summed E-state index contributed by atoms with van der Waals surface area (Å²) in [6, 6.07) is 2.00. The highest BCUT2D eigenvalue weighted by molar-refractivity contribution is 5.88. The number of morpholine rings is 1. The van der Waals surface area contributed by atoms with E-state index in [1.165, 1.54) is 6.21 Å². The molecule has 0 aliphatic carbocycles. The lowest BCUT2D eigenvalue weighted by molar-refractivity contribution is 0.122. The molecule has 130 valence electrons. The van der Waals surface area contributed by atoms with Crippen molar-refractivity contribution in [1.29, 1.82) is 5.41 Å². The summed E-state index contributed by atoms with van der Waals surface area (Å²) in [5.41, 5.74) is 3.30. The van der Waals surface area contributed by atoms with Crippen LogP contribution in [0.3, 0.4) is 0 Å². The first-order chi connectivity index (χ1) is 12.1. The molecular formula is C19H23N5O. The van der Waals surface area contributed by atoms with Gasteiger partial charge in [0.1, 0.15) is 5.52 Å². The highest BCUT2D eigenvalue weighted by Crippen LogP contribution is 2.27. The Bertz CT molecular complexity index is 824. The Kier molecular flexibility index (Phi) is 5.19. The van der Waals surface area contributed by atoms with E-state index in [1.807, 2.05) is 38.3 Å². The first-order valence-electron chi connectivity index (χ1n) is 8.47. The molecule has 25 heavy (non-hydrogen) atoms. The first-order valence-corrected chi connectivity index (χ1v) is 8.47. The predicted molar refractivity (Wildman–Crippen MR) is 101 cm³/mol. The molecule has 1 aliphatic heterocycles. The molecular weight excluding hydrogens is 314 g/mol. The van der Waals surface area contributed by atoms with Gasteiger partial charge in [-0.15, -0.1) is 0 Å². The van der Waals surface area contributed by atoms with Gasteiger partial charge in [-0.25, -0.2) is 9.97 Å². The average molecular weight is 337 g/mol. The van der Waals surface area contributed by atoms with Crippen LogP contribution in [0.4, 0.5) is 5.82 Å². The fourth-order valence-electron chi connectivity index (χ4n) is 2.78. The van der Waals surface area contributed by atoms with Crippen LogP contribution >= 0.6 is 0 Å². The monoisotopic (exact) mass is 337 g/mol. The van der Waals surface area contributed by atoms with E-state index in [9.17, 15) is 0 Å². The van der Waals surface area contributed by atoms with Gasteiger partial charge in [-0.2, -0.15) is 0 Å². The van der Waals surface area contributed by atoms with Crippen LogP contribution in [0, 0.1) is 5.41 Å². The van der Waals surface area contributed by atoms with Crippen molar-refractivity contribution in [3.63, 3.8) is 0 Å². The van der Waals surface area contributed by atoms with E-state index in [1.54, 1.807) is 0 Å². The van der Waals surface area contributed by atoms with Gasteiger partial charge in [0.05, 0.1) is 18.7 Å². The Labute approximate surface area is 147 Å². The van der Waals surface area contributed by atoms with E-state index in [0.717, 1.165) is 41.1 Å². The van der Waals surface area contributed by atoms with Crippen LogP contribution in [0.2, 0.25) is 0 Å². The van der Waals surface area contributed by atoms with Gasteiger partial charge in [0.2, 0.25) is 0 Å². The second-order valence-corrected chi connectivity index (χ2v) is 6.09. The summed E-state index contributed by atoms with van der Waals surface area (Å²) < 4.78 is 5.46. The number of rotatable bonds is 5. The summed E-state index contributed by atoms with van der Waals surface area (Å²) in [5, 5.41) is 7.49. The first kappa shape index (κ1) is 17.2. The minimum absolute atomic E-state index is 0.000825. The van der Waals surface area contributed by atoms with Crippen molar-refractivity contribution in [3.8, 4) is 0 Å². The Morgan fingerprint density at radius 2 is 2.12 bits per heavy atom. The molecule has 6 nitrogen and oxygen atoms in total. The van der Waals surface area contributed by atoms with E-state index in [4.69, 9.17) is 15.1 Å². The van der Waals surface area contributed by atoms with Gasteiger partial charge in [-0.1, -0.05) is 25.7 Å². The van der Waals surface area contributed by atoms with Crippen molar-refractivity contribution < 1.29 is 4.74 Å². The highest BCUT2D eigenvalue weighted by atomic mass is 16.5. The molecule has 6 heteroatoms. The van der Waals surface area contributed by atoms with Crippen LogP contribution in [0.25, 0.3) is 16.6 Å². The fourth-order valence-corrected chi connectivity index (χ4v) is 2.78. The maximum atomic E-state index is 7.49. The minimum atomic E-state index is 0.000825. The largest absolute Gasteiger partial charge is 0.378 e. The number of pyridine rings is 1. The Morgan fingerprint density at radius 3 is 2.80 bits per heavy atom. The third-order valence-corrected chi connectivity index (χ3v) is 4.28. The number of nitrogens with one attached hydrogen (secondary N) is 1. The van der Waals surface area contributed by atoms with E-state index in [0.29, 0.717) is 19.0 Å². The molecule has 1 N–H and O–H groups in total. The number of hydrogen-bond donors (Lipinski definition) is 1. The molecule has 0 bridgehead atoms. The quantitative estimate of drug-likeness (QED) is 0.670. The molecule has 3 heterocycles. The number of nitrogens with zero attached hydrogens (tertiary/aromatic N) is 4. The lowest BCUT2D eigenvalue weighted by Gasteiger charge is -2.28. The van der Waals surface area contributed by atoms with E-state index >= 15 is 0 Å². The second-order valence-electron chi connectivity index (χ2n) is 6.09. The maximum absolute atomic E-state index is 7.49. The highest BCUT2D eigenvalue weighted by Gasteiger charge is 2.19. The van der Waals surface area contributed by atoms with Crippen LogP contribution in [-0.4, -0.2) is 47.5 Å². The zero-order chi connectivity index (χ0) is 17.8. The molecule has 0 aromatic carbocycles. The molecule has 1 aliphatic rings. The summed E-state index contributed by atoms with van der Waals surface area (Å²) in [6.07, 6.45) is 7.05. The summed E-state index contributed by atoms with van der Waals surface area (Å²) in [7, 11) is 0. The summed E-state index contributed by atoms with van der Waals surface area (Å²) in [4.78, 5) is 16.2. The summed E-state index contributed by atoms with van der Waals surface area (Å²) >= 11 is 0. The number of fused-ring (bicyclic) bond motifs is 1. The Balaban J connectivity index is 2.16. The topological polar surface area (TPSA) is 75.0 Å². The third kappa shape index (κ3) is 3.58. The van der Waals surface area contributed by atoms with Crippen LogP contribution in [0.5, 0.6) is 0 Å². The van der Waals surface area contributed by atoms with Gasteiger partial charge in [0.15, 0.2) is 11.6 Å². The van der Waals surface area contributed by atoms with Gasteiger partial charge in [-0.05, 0) is 18.6 Å². The lowest BCUT2D eigenvalue weighted by atomic mass is 10.0. The molecule has 1 fully saturated rings. The molecule has 0 saturated carbocycles. The van der Waals surface area contributed by atoms with Crippen LogP contribution in [-0.2, 0) is 4.74 Å². The number of ether oxygens (including phenoxy) is 1. The molecule has 0 radical (unpaired) electrons. The van der Waals surface area contributed by atoms with Gasteiger partial charge >= 0.3 is 0 Å². The van der Waals surface area contributed by atoms with Gasteiger partial charge in [-0.3, -0.25) is 4.98 Å². The Hall–Kier alpha value is -2.60. The van der Waals surface area contributed by atoms with Crippen molar-refractivity contribution in [2.24, 2.45) is 0 Å². The third-order valence-electron chi connectivity index (χ3n) is 4.28. The Morgan fingerprint density at radius 1 is 1.36 bits per heavy atom. The number of hydrogen-bond acceptors (Lipinski definition) is 6. The number of anilines is 1. The van der Waals surface area contributed by atoms with Crippen molar-refractivity contribution in [2.45, 2.75) is 19.8 Å². The zero-order valence-electron chi connectivity index (χ0n) is 14.7. The standard InChI is InChI=1S/C19H23N5O/c1-4-5-13(2)18-22-16-10-15(14(3)11-20)12-21-17(16)19(23-18)24-6-8-25-9-7-24/h4-5,10-12,14,20H,2,6-9H2,1,3H3. The van der Waals surface area contributed by atoms with Crippen molar-refractivity contribution >= 4 is 28.6 Å². The summed E-state index contributed by atoms with van der Waals surface area (Å²) in [5.74, 6) is 1.43. The normalized spacial score (nSPS) is 16.3. The predicted octanol–water partition coefficient (Wildman–Crippen LogP) is 3.20. The van der Waals surface area contributed by atoms with Gasteiger partial charge in [0, 0.05) is 37.0 Å². The van der Waals surface area contributed by atoms with Crippen LogP contribution < -0.4 is 4.90 Å². The lowest BCUT2D eigenvalue weighted by Crippen LogP contribution is -2.37. The molecule has 2 aromatic rings. The van der Waals surface area contributed by atoms with Crippen LogP contribution in [0.1, 0.15) is 31.2 Å². The zero-order valence-corrected chi connectivity index (χ0v) is 14.7. The molecule has 0 amide bonds. The van der Waals surface area contributed by atoms with Gasteiger partial charge < -0.3 is 15.0 Å². The molecule has 1 atom stereocenters. The number of aromatic nitrogens is 3. The van der Waals surface area contributed by atoms with E-state index < -0.39 is 0 Å². The van der Waals surface area contributed by atoms with E-state index in [-0.39, 0.29) is 5.92 Å². The van der Waals surface area contributed by atoms with Crippen molar-refractivity contribution in [1.82, 2.24) is 15.0 Å². The smallest absolute Gasteiger partial charge is 0.161 e. The molecule has 0 spiro atoms. The molecule has 1 unspecified atom stereocenters. The minimum Gasteiger partial charge on any atom is -0.378 e. The SMILES string of the molecule is C=C(C=CC)c1nc(N2CCOCC2)c2ncc(C(C)C=N)cc2n1. The van der Waals surface area contributed by atoms with Crippen molar-refractivity contribution in [3.05, 3.63) is 42.4 Å². The summed E-state index contributed by atoms with van der Waals surface area (Å²) in [6.45, 7) is 10.9. The van der Waals surface area contributed by atoms with Gasteiger partial charge in [0.25, 0.3) is 0 Å². The van der Waals surface area contributed by atoms with Crippen molar-refractivity contribution in [2.75, 3.05) is 31.2 Å². The van der Waals surface area contributed by atoms with E-state index in [2.05, 4.69) is 21.4 Å². The fraction of sp³-hybridized carbons (Fsp3) is 0.368. The van der Waals surface area contributed by atoms with Crippen LogP contribution in [0.15, 0.2) is 31.0 Å². The molecule has 2 aromatic heterocycles. The molecule has 3 rings (SSSR count). The molecule has 1 saturated heterocycles.